The van der Waals surface area contributed by atoms with Gasteiger partial charge in [-0.25, -0.2) is 0 Å². The van der Waals surface area contributed by atoms with Crippen molar-refractivity contribution < 1.29 is 9.53 Å². The summed E-state index contributed by atoms with van der Waals surface area (Å²) >= 11 is 5.90. The SMILES string of the molecule is Cl.O=C(NCc1ccc([C@@H]2CNCCO2)cc1)c1cccc(Cl)c1. The Hall–Kier alpha value is -1.59. The van der Waals surface area contributed by atoms with Crippen molar-refractivity contribution in [3.05, 3.63) is 70.2 Å². The summed E-state index contributed by atoms with van der Waals surface area (Å²) in [4.78, 5) is 12.1. The average molecular weight is 367 g/mol. The molecule has 128 valence electrons. The predicted molar refractivity (Wildman–Crippen MR) is 97.9 cm³/mol. The number of amides is 1. The quantitative estimate of drug-likeness (QED) is 0.872. The van der Waals surface area contributed by atoms with E-state index >= 15 is 0 Å². The van der Waals surface area contributed by atoms with E-state index in [9.17, 15) is 4.79 Å². The van der Waals surface area contributed by atoms with Gasteiger partial charge in [-0.15, -0.1) is 12.4 Å². The third kappa shape index (κ3) is 4.95. The van der Waals surface area contributed by atoms with Crippen LogP contribution in [0.25, 0.3) is 0 Å². The van der Waals surface area contributed by atoms with Crippen LogP contribution in [0.3, 0.4) is 0 Å². The minimum atomic E-state index is -0.128. The lowest BCUT2D eigenvalue weighted by molar-refractivity contribution is 0.0277. The third-order valence-electron chi connectivity index (χ3n) is 3.82. The topological polar surface area (TPSA) is 50.4 Å². The highest BCUT2D eigenvalue weighted by Gasteiger charge is 2.15. The Morgan fingerprint density at radius 3 is 2.71 bits per heavy atom. The zero-order valence-electron chi connectivity index (χ0n) is 13.1. The first-order valence-electron chi connectivity index (χ1n) is 7.67. The molecule has 0 radical (unpaired) electrons. The van der Waals surface area contributed by atoms with Gasteiger partial charge in [-0.2, -0.15) is 0 Å². The van der Waals surface area contributed by atoms with E-state index in [0.29, 0.717) is 17.1 Å². The Morgan fingerprint density at radius 2 is 2.04 bits per heavy atom. The van der Waals surface area contributed by atoms with Crippen molar-refractivity contribution in [1.29, 1.82) is 0 Å². The van der Waals surface area contributed by atoms with Crippen molar-refractivity contribution in [2.75, 3.05) is 19.7 Å². The fraction of sp³-hybridized carbons (Fsp3) is 0.278. The summed E-state index contributed by atoms with van der Waals surface area (Å²) in [6.07, 6.45) is 0.110. The molecule has 3 rings (SSSR count). The van der Waals surface area contributed by atoms with Crippen molar-refractivity contribution in [2.24, 2.45) is 0 Å². The summed E-state index contributed by atoms with van der Waals surface area (Å²) in [5.41, 5.74) is 2.77. The molecule has 0 bridgehead atoms. The van der Waals surface area contributed by atoms with Crippen LogP contribution in [0.15, 0.2) is 48.5 Å². The van der Waals surface area contributed by atoms with Crippen LogP contribution in [0.5, 0.6) is 0 Å². The van der Waals surface area contributed by atoms with Gasteiger partial charge in [0.1, 0.15) is 0 Å². The molecule has 4 nitrogen and oxygen atoms in total. The number of hydrogen-bond donors (Lipinski definition) is 2. The van der Waals surface area contributed by atoms with Crippen molar-refractivity contribution >= 4 is 29.9 Å². The first-order valence-corrected chi connectivity index (χ1v) is 8.05. The summed E-state index contributed by atoms with van der Waals surface area (Å²) in [5, 5.41) is 6.78. The van der Waals surface area contributed by atoms with Crippen LogP contribution >= 0.6 is 24.0 Å². The van der Waals surface area contributed by atoms with Crippen LogP contribution in [0, 0.1) is 0 Å². The van der Waals surface area contributed by atoms with Gasteiger partial charge in [0.15, 0.2) is 0 Å². The van der Waals surface area contributed by atoms with Crippen LogP contribution in [0.1, 0.15) is 27.6 Å². The monoisotopic (exact) mass is 366 g/mol. The van der Waals surface area contributed by atoms with Gasteiger partial charge in [-0.1, -0.05) is 41.9 Å². The van der Waals surface area contributed by atoms with Gasteiger partial charge in [0.05, 0.1) is 12.7 Å². The summed E-state index contributed by atoms with van der Waals surface area (Å²) in [6.45, 7) is 2.96. The van der Waals surface area contributed by atoms with E-state index in [4.69, 9.17) is 16.3 Å². The summed E-state index contributed by atoms with van der Waals surface area (Å²) in [5.74, 6) is -0.128. The van der Waals surface area contributed by atoms with E-state index in [1.54, 1.807) is 24.3 Å². The number of halogens is 2. The van der Waals surface area contributed by atoms with Crippen molar-refractivity contribution in [3.8, 4) is 0 Å². The van der Waals surface area contributed by atoms with E-state index in [2.05, 4.69) is 22.8 Å². The molecule has 0 saturated carbocycles. The number of morpholine rings is 1. The van der Waals surface area contributed by atoms with E-state index in [1.807, 2.05) is 12.1 Å². The Balaban J connectivity index is 0.00000208. The second kappa shape index (κ2) is 9.04. The molecular weight excluding hydrogens is 347 g/mol. The van der Waals surface area contributed by atoms with Gasteiger partial charge in [0.25, 0.3) is 5.91 Å². The molecule has 1 amide bonds. The Labute approximate surface area is 153 Å². The van der Waals surface area contributed by atoms with Gasteiger partial charge in [0.2, 0.25) is 0 Å². The molecule has 1 fully saturated rings. The lowest BCUT2D eigenvalue weighted by Gasteiger charge is -2.24. The molecule has 1 aliphatic rings. The number of rotatable bonds is 4. The van der Waals surface area contributed by atoms with Crippen molar-refractivity contribution in [3.63, 3.8) is 0 Å². The van der Waals surface area contributed by atoms with E-state index < -0.39 is 0 Å². The average Bonchev–Trinajstić information content (AvgIpc) is 2.61. The number of benzene rings is 2. The Kier molecular flexibility index (Phi) is 7.06. The van der Waals surface area contributed by atoms with Crippen LogP contribution in [-0.2, 0) is 11.3 Å². The lowest BCUT2D eigenvalue weighted by Crippen LogP contribution is -2.33. The zero-order valence-corrected chi connectivity index (χ0v) is 14.7. The minimum absolute atomic E-state index is 0. The smallest absolute Gasteiger partial charge is 0.251 e. The second-order valence-corrected chi connectivity index (χ2v) is 5.93. The highest BCUT2D eigenvalue weighted by Crippen LogP contribution is 2.19. The number of ether oxygens (including phenoxy) is 1. The first-order chi connectivity index (χ1) is 11.2. The molecular formula is C18H20Cl2N2O2. The number of hydrogen-bond acceptors (Lipinski definition) is 3. The van der Waals surface area contributed by atoms with Crippen LogP contribution in [0.4, 0.5) is 0 Å². The highest BCUT2D eigenvalue weighted by atomic mass is 35.5. The molecule has 0 spiro atoms. The summed E-state index contributed by atoms with van der Waals surface area (Å²) in [6, 6.07) is 15.1. The summed E-state index contributed by atoms with van der Waals surface area (Å²) < 4.78 is 5.73. The zero-order chi connectivity index (χ0) is 16.1. The lowest BCUT2D eigenvalue weighted by atomic mass is 10.1. The maximum atomic E-state index is 12.1. The first kappa shape index (κ1) is 18.7. The van der Waals surface area contributed by atoms with Crippen molar-refractivity contribution in [2.45, 2.75) is 12.6 Å². The molecule has 1 atom stereocenters. The number of nitrogens with one attached hydrogen (secondary N) is 2. The maximum Gasteiger partial charge on any atom is 0.251 e. The molecule has 2 aromatic rings. The standard InChI is InChI=1S/C18H19ClN2O2.ClH/c19-16-3-1-2-15(10-16)18(22)21-11-13-4-6-14(7-5-13)17-12-20-8-9-23-17;/h1-7,10,17,20H,8-9,11-12H2,(H,21,22);1H/t17-;/m0./s1. The third-order valence-corrected chi connectivity index (χ3v) is 4.05. The molecule has 2 aromatic carbocycles. The van der Waals surface area contributed by atoms with Crippen LogP contribution in [-0.4, -0.2) is 25.6 Å². The maximum absolute atomic E-state index is 12.1. The van der Waals surface area contributed by atoms with Crippen LogP contribution < -0.4 is 10.6 Å². The Bertz CT molecular complexity index is 671. The molecule has 1 aliphatic heterocycles. The Morgan fingerprint density at radius 1 is 1.25 bits per heavy atom. The minimum Gasteiger partial charge on any atom is -0.371 e. The van der Waals surface area contributed by atoms with Crippen LogP contribution in [0.2, 0.25) is 5.02 Å². The van der Waals surface area contributed by atoms with Gasteiger partial charge < -0.3 is 15.4 Å². The van der Waals surface area contributed by atoms with Crippen molar-refractivity contribution in [1.82, 2.24) is 10.6 Å². The fourth-order valence-electron chi connectivity index (χ4n) is 2.54. The van der Waals surface area contributed by atoms with E-state index in [0.717, 1.165) is 30.8 Å². The summed E-state index contributed by atoms with van der Waals surface area (Å²) in [7, 11) is 0. The fourth-order valence-corrected chi connectivity index (χ4v) is 2.73. The van der Waals surface area contributed by atoms with Gasteiger partial charge in [-0.05, 0) is 29.3 Å². The molecule has 1 saturated heterocycles. The van der Waals surface area contributed by atoms with Gasteiger partial charge in [0, 0.05) is 30.2 Å². The molecule has 2 N–H and O–H groups in total. The second-order valence-electron chi connectivity index (χ2n) is 5.50. The molecule has 24 heavy (non-hydrogen) atoms. The van der Waals surface area contributed by atoms with Gasteiger partial charge >= 0.3 is 0 Å². The molecule has 0 aliphatic carbocycles. The normalized spacial score (nSPS) is 17.0. The molecule has 0 unspecified atom stereocenters. The highest BCUT2D eigenvalue weighted by molar-refractivity contribution is 6.30. The van der Waals surface area contributed by atoms with E-state index in [1.165, 1.54) is 0 Å². The largest absolute Gasteiger partial charge is 0.371 e. The van der Waals surface area contributed by atoms with E-state index in [-0.39, 0.29) is 24.4 Å². The van der Waals surface area contributed by atoms with Gasteiger partial charge in [-0.3, -0.25) is 4.79 Å². The number of carbonyl (C=O) groups excluding carboxylic acids is 1. The molecule has 6 heteroatoms. The molecule has 1 heterocycles. The predicted octanol–water partition coefficient (Wildman–Crippen LogP) is 3.35. The molecule has 0 aromatic heterocycles. The number of carbonyl (C=O) groups is 1.